The summed E-state index contributed by atoms with van der Waals surface area (Å²) in [5.74, 6) is -1.27. The standard InChI is InChI=1S/C12H7F4N.C6H4N2/c13-11-4-3-8(6-10(11)12(14,15)16)9-2-1-5-17-7-9;1-3-7-6-2-4-8-5(1)6/h1-7H;1-4H. The molecule has 3 heterocycles. The first-order chi connectivity index (χ1) is 11.9. The van der Waals surface area contributed by atoms with Crippen LogP contribution in [-0.2, 0) is 6.18 Å². The van der Waals surface area contributed by atoms with Gasteiger partial charge in [-0.3, -0.25) is 15.0 Å². The summed E-state index contributed by atoms with van der Waals surface area (Å²) < 4.78 is 50.5. The van der Waals surface area contributed by atoms with Crippen molar-refractivity contribution in [3.05, 3.63) is 77.7 Å². The predicted molar refractivity (Wildman–Crippen MR) is 87.8 cm³/mol. The number of alkyl halides is 3. The van der Waals surface area contributed by atoms with Crippen LogP contribution in [0.1, 0.15) is 5.56 Å². The van der Waals surface area contributed by atoms with Crippen LogP contribution in [0.2, 0.25) is 0 Å². The van der Waals surface area contributed by atoms with Gasteiger partial charge >= 0.3 is 6.18 Å². The summed E-state index contributed by atoms with van der Waals surface area (Å²) in [6, 6.07) is 6.10. The number of fused-ring (bicyclic) bond motifs is 1. The quantitative estimate of drug-likeness (QED) is 0.682. The van der Waals surface area contributed by atoms with Crippen molar-refractivity contribution in [2.75, 3.05) is 0 Å². The van der Waals surface area contributed by atoms with Crippen LogP contribution < -0.4 is 0 Å². The molecule has 25 heavy (non-hydrogen) atoms. The van der Waals surface area contributed by atoms with E-state index in [1.807, 2.05) is 12.2 Å². The van der Waals surface area contributed by atoms with Crippen molar-refractivity contribution in [2.24, 2.45) is 9.98 Å². The van der Waals surface area contributed by atoms with Crippen LogP contribution in [0.5, 0.6) is 0 Å². The minimum Gasteiger partial charge on any atom is -0.264 e. The van der Waals surface area contributed by atoms with Gasteiger partial charge in [0, 0.05) is 30.4 Å². The van der Waals surface area contributed by atoms with E-state index < -0.39 is 17.6 Å². The zero-order valence-corrected chi connectivity index (χ0v) is 12.7. The number of aromatic nitrogens is 1. The van der Waals surface area contributed by atoms with E-state index >= 15 is 0 Å². The highest BCUT2D eigenvalue weighted by Gasteiger charge is 2.34. The zero-order valence-electron chi connectivity index (χ0n) is 12.7. The van der Waals surface area contributed by atoms with E-state index in [-0.39, 0.29) is 5.56 Å². The molecule has 7 heteroatoms. The van der Waals surface area contributed by atoms with E-state index in [1.54, 1.807) is 24.6 Å². The Bertz CT molecular complexity index is 868. The number of pyridine rings is 1. The fraction of sp³-hybridized carbons (Fsp3) is 0.0556. The van der Waals surface area contributed by atoms with Gasteiger partial charge in [-0.1, -0.05) is 12.1 Å². The van der Waals surface area contributed by atoms with Crippen molar-refractivity contribution < 1.29 is 17.6 Å². The fourth-order valence-electron chi connectivity index (χ4n) is 2.22. The van der Waals surface area contributed by atoms with E-state index in [4.69, 9.17) is 0 Å². The monoisotopic (exact) mass is 345 g/mol. The Morgan fingerprint density at radius 2 is 1.52 bits per heavy atom. The average molecular weight is 345 g/mol. The Balaban J connectivity index is 0.000000188. The third kappa shape index (κ3) is 3.88. The van der Waals surface area contributed by atoms with Crippen LogP contribution in [0.4, 0.5) is 17.6 Å². The second-order valence-electron chi connectivity index (χ2n) is 5.09. The minimum atomic E-state index is -4.69. The topological polar surface area (TPSA) is 37.6 Å². The Hall–Kier alpha value is -3.09. The maximum atomic E-state index is 13.0. The van der Waals surface area contributed by atoms with Gasteiger partial charge in [-0.25, -0.2) is 4.39 Å². The highest BCUT2D eigenvalue weighted by molar-refractivity contribution is 5.88. The first-order valence-electron chi connectivity index (χ1n) is 7.21. The minimum absolute atomic E-state index is 0.284. The lowest BCUT2D eigenvalue weighted by Gasteiger charge is -2.09. The second-order valence-corrected chi connectivity index (χ2v) is 5.09. The fourth-order valence-corrected chi connectivity index (χ4v) is 2.22. The summed E-state index contributed by atoms with van der Waals surface area (Å²) in [6.45, 7) is 0. The number of rotatable bonds is 1. The number of benzene rings is 1. The lowest BCUT2D eigenvalue weighted by atomic mass is 10.0. The van der Waals surface area contributed by atoms with Crippen molar-refractivity contribution in [2.45, 2.75) is 6.18 Å². The molecule has 3 nitrogen and oxygen atoms in total. The predicted octanol–water partition coefficient (Wildman–Crippen LogP) is 4.83. The van der Waals surface area contributed by atoms with Gasteiger partial charge in [-0.05, 0) is 35.9 Å². The molecule has 0 aliphatic carbocycles. The van der Waals surface area contributed by atoms with Crippen molar-refractivity contribution >= 4 is 12.4 Å². The van der Waals surface area contributed by atoms with Crippen LogP contribution in [0.15, 0.2) is 76.3 Å². The molecule has 1 aromatic carbocycles. The molecule has 0 fully saturated rings. The highest BCUT2D eigenvalue weighted by Crippen LogP contribution is 2.34. The van der Waals surface area contributed by atoms with E-state index in [1.165, 1.54) is 18.5 Å². The van der Waals surface area contributed by atoms with Crippen LogP contribution in [0, 0.1) is 5.82 Å². The lowest BCUT2D eigenvalue weighted by molar-refractivity contribution is -0.139. The van der Waals surface area contributed by atoms with E-state index in [2.05, 4.69) is 15.0 Å². The molecule has 1 aromatic heterocycles. The molecule has 0 saturated carbocycles. The summed E-state index contributed by atoms with van der Waals surface area (Å²) in [4.78, 5) is 11.8. The van der Waals surface area contributed by atoms with E-state index in [9.17, 15) is 17.6 Å². The zero-order chi connectivity index (χ0) is 17.9. The average Bonchev–Trinajstić information content (AvgIpc) is 3.20. The molecule has 2 aliphatic rings. The van der Waals surface area contributed by atoms with Gasteiger partial charge in [0.25, 0.3) is 0 Å². The number of halogens is 4. The maximum absolute atomic E-state index is 13.0. The van der Waals surface area contributed by atoms with Crippen molar-refractivity contribution in [1.29, 1.82) is 0 Å². The first kappa shape index (κ1) is 16.8. The van der Waals surface area contributed by atoms with E-state index in [0.717, 1.165) is 23.5 Å². The number of aliphatic imine (C=N–C) groups is 2. The van der Waals surface area contributed by atoms with Gasteiger partial charge < -0.3 is 0 Å². The van der Waals surface area contributed by atoms with Crippen LogP contribution in [0.25, 0.3) is 11.1 Å². The summed E-state index contributed by atoms with van der Waals surface area (Å²) in [7, 11) is 0. The highest BCUT2D eigenvalue weighted by atomic mass is 19.4. The second kappa shape index (κ2) is 6.80. The first-order valence-corrected chi connectivity index (χ1v) is 7.21. The molecule has 0 spiro atoms. The Morgan fingerprint density at radius 1 is 0.840 bits per heavy atom. The maximum Gasteiger partial charge on any atom is 0.419 e. The van der Waals surface area contributed by atoms with E-state index in [0.29, 0.717) is 5.56 Å². The van der Waals surface area contributed by atoms with Gasteiger partial charge in [0.1, 0.15) is 5.82 Å². The molecule has 2 aromatic rings. The van der Waals surface area contributed by atoms with Gasteiger partial charge in [-0.15, -0.1) is 0 Å². The molecule has 2 aliphatic heterocycles. The normalized spacial score (nSPS) is 14.6. The molecular formula is C18H11F4N3. The van der Waals surface area contributed by atoms with Gasteiger partial charge in [-0.2, -0.15) is 13.2 Å². The summed E-state index contributed by atoms with van der Waals surface area (Å²) in [6.07, 6.45) is 5.56. The number of hydrogen-bond acceptors (Lipinski definition) is 3. The van der Waals surface area contributed by atoms with Gasteiger partial charge in [0.05, 0.1) is 17.0 Å². The molecule has 0 N–H and O–H groups in total. The molecule has 0 amide bonds. The Morgan fingerprint density at radius 3 is 2.08 bits per heavy atom. The molecular weight excluding hydrogens is 334 g/mol. The summed E-state index contributed by atoms with van der Waals surface area (Å²) in [5.41, 5.74) is 1.51. The summed E-state index contributed by atoms with van der Waals surface area (Å²) in [5, 5.41) is 0. The number of allylic oxidation sites excluding steroid dienone is 2. The SMILES string of the molecule is C1=NC2=CC=NC2=C1.Fc1ccc(-c2cccnc2)cc1C(F)(F)F. The van der Waals surface area contributed by atoms with Crippen molar-refractivity contribution in [3.8, 4) is 11.1 Å². The molecule has 0 bridgehead atoms. The third-order valence-electron chi connectivity index (χ3n) is 3.42. The molecule has 0 atom stereocenters. The van der Waals surface area contributed by atoms with Crippen molar-refractivity contribution in [3.63, 3.8) is 0 Å². The van der Waals surface area contributed by atoms with Gasteiger partial charge in [0.2, 0.25) is 0 Å². The molecule has 0 unspecified atom stereocenters. The molecule has 4 rings (SSSR count). The third-order valence-corrected chi connectivity index (χ3v) is 3.42. The van der Waals surface area contributed by atoms with Gasteiger partial charge in [0.15, 0.2) is 0 Å². The number of hydrogen-bond donors (Lipinski definition) is 0. The summed E-state index contributed by atoms with van der Waals surface area (Å²) >= 11 is 0. The van der Waals surface area contributed by atoms with Crippen molar-refractivity contribution in [1.82, 2.24) is 4.98 Å². The number of nitrogens with zero attached hydrogens (tertiary/aromatic N) is 3. The van der Waals surface area contributed by atoms with Crippen LogP contribution in [0.3, 0.4) is 0 Å². The largest absolute Gasteiger partial charge is 0.419 e. The molecule has 0 saturated heterocycles. The molecule has 126 valence electrons. The Labute approximate surface area is 140 Å². The smallest absolute Gasteiger partial charge is 0.264 e. The van der Waals surface area contributed by atoms with Crippen LogP contribution >= 0.6 is 0 Å². The lowest BCUT2D eigenvalue weighted by Crippen LogP contribution is -2.08. The van der Waals surface area contributed by atoms with Crippen LogP contribution in [-0.4, -0.2) is 17.4 Å². The Kier molecular flexibility index (Phi) is 4.56. The molecule has 0 radical (unpaired) electrons.